The Balaban J connectivity index is 1.47. The van der Waals surface area contributed by atoms with Gasteiger partial charge in [0.25, 0.3) is 5.89 Å². The molecule has 9 heteroatoms. The van der Waals surface area contributed by atoms with Gasteiger partial charge in [0.05, 0.1) is 18.1 Å². The fraction of sp³-hybridized carbons (Fsp3) is 0.600. The van der Waals surface area contributed by atoms with E-state index in [1.54, 1.807) is 11.3 Å². The van der Waals surface area contributed by atoms with E-state index in [0.29, 0.717) is 11.8 Å². The number of aliphatic hydroxyl groups is 1. The number of hydrogen-bond donors (Lipinski definition) is 2. The van der Waals surface area contributed by atoms with Crippen LogP contribution in [0.2, 0.25) is 0 Å². The maximum Gasteiger partial charge on any atom is 0.326 e. The van der Waals surface area contributed by atoms with Crippen LogP contribution < -0.4 is 0 Å². The van der Waals surface area contributed by atoms with Gasteiger partial charge in [-0.1, -0.05) is 5.16 Å². The standard InChI is InChI=1S/C20H23N3O5S/c24-11-7-13(20(26)27)23(9-11)16(25)8-15-17(12-3-1-2-4-14(12)29-15)19-21-18(22-28-19)10-5-6-10/h10-11,13,24H,1-9H2,(H,26,27)/t11-,13+/m0/s1. The average molecular weight is 417 g/mol. The molecule has 5 rings (SSSR count). The Hall–Kier alpha value is -2.26. The fourth-order valence-corrected chi connectivity index (χ4v) is 5.78. The highest BCUT2D eigenvalue weighted by Gasteiger charge is 2.39. The van der Waals surface area contributed by atoms with Crippen molar-refractivity contribution >= 4 is 23.2 Å². The zero-order valence-corrected chi connectivity index (χ0v) is 16.8. The highest BCUT2D eigenvalue weighted by atomic mass is 32.1. The van der Waals surface area contributed by atoms with Gasteiger partial charge in [0.2, 0.25) is 5.91 Å². The minimum Gasteiger partial charge on any atom is -0.480 e. The van der Waals surface area contributed by atoms with Crippen molar-refractivity contribution in [2.45, 2.75) is 69.4 Å². The Labute approximate surface area is 171 Å². The number of rotatable bonds is 5. The van der Waals surface area contributed by atoms with Gasteiger partial charge in [-0.15, -0.1) is 11.3 Å². The second-order valence-electron chi connectivity index (χ2n) is 8.21. The first kappa shape index (κ1) is 18.7. The van der Waals surface area contributed by atoms with E-state index in [-0.39, 0.29) is 25.3 Å². The number of nitrogens with zero attached hydrogens (tertiary/aromatic N) is 3. The summed E-state index contributed by atoms with van der Waals surface area (Å²) in [4.78, 5) is 32.5. The maximum absolute atomic E-state index is 13.0. The lowest BCUT2D eigenvalue weighted by atomic mass is 9.94. The maximum atomic E-state index is 13.0. The molecule has 0 bridgehead atoms. The predicted octanol–water partition coefficient (Wildman–Crippen LogP) is 2.14. The molecule has 1 saturated heterocycles. The third-order valence-electron chi connectivity index (χ3n) is 6.04. The molecule has 3 heterocycles. The van der Waals surface area contributed by atoms with Gasteiger partial charge in [-0.3, -0.25) is 4.79 Å². The molecule has 1 amide bonds. The van der Waals surface area contributed by atoms with Crippen LogP contribution >= 0.6 is 11.3 Å². The summed E-state index contributed by atoms with van der Waals surface area (Å²) in [6, 6.07) is -0.972. The minimum atomic E-state index is -1.08. The Bertz CT molecular complexity index is 963. The third kappa shape index (κ3) is 3.46. The summed E-state index contributed by atoms with van der Waals surface area (Å²) in [7, 11) is 0. The normalized spacial score (nSPS) is 24.0. The van der Waals surface area contributed by atoms with Crippen molar-refractivity contribution in [2.24, 2.45) is 0 Å². The van der Waals surface area contributed by atoms with Gasteiger partial charge in [0.15, 0.2) is 5.82 Å². The van der Waals surface area contributed by atoms with E-state index < -0.39 is 18.1 Å². The van der Waals surface area contributed by atoms with E-state index in [9.17, 15) is 19.8 Å². The van der Waals surface area contributed by atoms with Crippen LogP contribution in [0.5, 0.6) is 0 Å². The number of aliphatic carboxylic acids is 1. The van der Waals surface area contributed by atoms with Crippen LogP contribution in [0.3, 0.4) is 0 Å². The van der Waals surface area contributed by atoms with Crippen molar-refractivity contribution < 1.29 is 24.3 Å². The van der Waals surface area contributed by atoms with Crippen molar-refractivity contribution in [1.82, 2.24) is 15.0 Å². The largest absolute Gasteiger partial charge is 0.480 e. The van der Waals surface area contributed by atoms with Crippen molar-refractivity contribution in [1.29, 1.82) is 0 Å². The van der Waals surface area contributed by atoms with Gasteiger partial charge < -0.3 is 19.6 Å². The molecule has 2 aromatic heterocycles. The van der Waals surface area contributed by atoms with Crippen LogP contribution in [0.1, 0.15) is 59.2 Å². The summed E-state index contributed by atoms with van der Waals surface area (Å²) in [6.07, 6.45) is 5.65. The second-order valence-corrected chi connectivity index (χ2v) is 9.40. The number of carboxylic acids is 1. The number of likely N-dealkylation sites (tertiary alicyclic amines) is 1. The molecule has 8 nitrogen and oxygen atoms in total. The number of thiophene rings is 1. The van der Waals surface area contributed by atoms with E-state index in [1.807, 2.05) is 0 Å². The average Bonchev–Trinajstić information content (AvgIpc) is 3.12. The summed E-state index contributed by atoms with van der Waals surface area (Å²) in [5.41, 5.74) is 2.08. The van der Waals surface area contributed by atoms with Crippen LogP contribution in [0.25, 0.3) is 11.5 Å². The Morgan fingerprint density at radius 2 is 2.03 bits per heavy atom. The third-order valence-corrected chi connectivity index (χ3v) is 7.33. The van der Waals surface area contributed by atoms with Crippen LogP contribution in [-0.4, -0.2) is 55.8 Å². The first-order valence-corrected chi connectivity index (χ1v) is 11.0. The van der Waals surface area contributed by atoms with Gasteiger partial charge >= 0.3 is 5.97 Å². The molecule has 0 radical (unpaired) electrons. The van der Waals surface area contributed by atoms with E-state index >= 15 is 0 Å². The molecular formula is C20H23N3O5S. The molecule has 3 aliphatic rings. The zero-order valence-electron chi connectivity index (χ0n) is 16.0. The van der Waals surface area contributed by atoms with Gasteiger partial charge in [-0.25, -0.2) is 4.79 Å². The molecule has 0 aromatic carbocycles. The number of carbonyl (C=O) groups is 2. The number of β-amino-alcohol motifs (C(OH)–C–C–N with tert-alkyl or cyclic N) is 1. The number of fused-ring (bicyclic) bond motifs is 1. The van der Waals surface area contributed by atoms with Crippen LogP contribution in [-0.2, 0) is 28.9 Å². The minimum absolute atomic E-state index is 0.0581. The van der Waals surface area contributed by atoms with Gasteiger partial charge in [-0.2, -0.15) is 4.98 Å². The number of carboxylic acid groups (broad SMARTS) is 1. The number of amides is 1. The van der Waals surface area contributed by atoms with Crippen molar-refractivity contribution in [2.75, 3.05) is 6.54 Å². The number of aliphatic hydroxyl groups excluding tert-OH is 1. The summed E-state index contributed by atoms with van der Waals surface area (Å²) in [6.45, 7) is 0.0581. The van der Waals surface area contributed by atoms with Crippen LogP contribution in [0.15, 0.2) is 4.52 Å². The Morgan fingerprint density at radius 1 is 1.24 bits per heavy atom. The van der Waals surface area contributed by atoms with Crippen molar-refractivity contribution in [3.05, 3.63) is 21.1 Å². The van der Waals surface area contributed by atoms with Gasteiger partial charge in [-0.05, 0) is 44.1 Å². The number of hydrogen-bond acceptors (Lipinski definition) is 7. The highest BCUT2D eigenvalue weighted by molar-refractivity contribution is 7.12. The molecule has 154 valence electrons. The second kappa shape index (κ2) is 7.21. The van der Waals surface area contributed by atoms with Crippen molar-refractivity contribution in [3.63, 3.8) is 0 Å². The van der Waals surface area contributed by atoms with E-state index in [0.717, 1.165) is 54.8 Å². The lowest BCUT2D eigenvalue weighted by molar-refractivity contribution is -0.147. The quantitative estimate of drug-likeness (QED) is 0.765. The molecule has 2 N–H and O–H groups in total. The molecule has 0 unspecified atom stereocenters. The lowest BCUT2D eigenvalue weighted by Gasteiger charge is -2.21. The van der Waals surface area contributed by atoms with E-state index in [2.05, 4.69) is 10.1 Å². The zero-order chi connectivity index (χ0) is 20.1. The monoisotopic (exact) mass is 417 g/mol. The first-order valence-electron chi connectivity index (χ1n) is 10.2. The molecule has 1 saturated carbocycles. The number of carbonyl (C=O) groups excluding carboxylic acids is 1. The first-order chi connectivity index (χ1) is 14.0. The molecule has 2 aliphatic carbocycles. The SMILES string of the molecule is O=C(O)[C@H]1C[C@H](O)CN1C(=O)Cc1sc2c(c1-c1nc(C3CC3)no1)CCCC2. The van der Waals surface area contributed by atoms with E-state index in [1.165, 1.54) is 15.3 Å². The van der Waals surface area contributed by atoms with Gasteiger partial charge in [0, 0.05) is 28.6 Å². The van der Waals surface area contributed by atoms with Gasteiger partial charge in [0.1, 0.15) is 6.04 Å². The molecule has 2 atom stereocenters. The summed E-state index contributed by atoms with van der Waals surface area (Å²) >= 11 is 1.60. The van der Waals surface area contributed by atoms with E-state index in [4.69, 9.17) is 4.52 Å². The molecule has 2 fully saturated rings. The summed E-state index contributed by atoms with van der Waals surface area (Å²) < 4.78 is 5.59. The molecule has 29 heavy (non-hydrogen) atoms. The summed E-state index contributed by atoms with van der Waals surface area (Å²) in [5, 5.41) is 23.4. The fourth-order valence-electron chi connectivity index (χ4n) is 4.40. The lowest BCUT2D eigenvalue weighted by Crippen LogP contribution is -2.41. The molecule has 0 spiro atoms. The smallest absolute Gasteiger partial charge is 0.326 e. The molecule has 2 aromatic rings. The highest BCUT2D eigenvalue weighted by Crippen LogP contribution is 2.43. The predicted molar refractivity (Wildman–Crippen MR) is 104 cm³/mol. The summed E-state index contributed by atoms with van der Waals surface area (Å²) in [5.74, 6) is 0.240. The molecule has 1 aliphatic heterocycles. The van der Waals surface area contributed by atoms with Crippen LogP contribution in [0.4, 0.5) is 0 Å². The van der Waals surface area contributed by atoms with Crippen LogP contribution in [0, 0.1) is 0 Å². The Morgan fingerprint density at radius 3 is 2.79 bits per heavy atom. The topological polar surface area (TPSA) is 117 Å². The number of aryl methyl sites for hydroxylation is 1. The number of aromatic nitrogens is 2. The van der Waals surface area contributed by atoms with Crippen molar-refractivity contribution in [3.8, 4) is 11.5 Å². The Kier molecular flexibility index (Phi) is 4.66. The molecular weight excluding hydrogens is 394 g/mol.